The number of amides is 1. The molecule has 1 amide bonds. The Kier molecular flexibility index (Phi) is 6.60. The summed E-state index contributed by atoms with van der Waals surface area (Å²) in [5.41, 5.74) is 1.80. The van der Waals surface area contributed by atoms with Crippen molar-refractivity contribution in [3.63, 3.8) is 0 Å². The van der Waals surface area contributed by atoms with Crippen molar-refractivity contribution in [3.05, 3.63) is 64.7 Å². The Bertz CT molecular complexity index is 1030. The van der Waals surface area contributed by atoms with Crippen LogP contribution in [0.5, 0.6) is 5.75 Å². The molecule has 8 heteroatoms. The summed E-state index contributed by atoms with van der Waals surface area (Å²) >= 11 is 0. The molecule has 6 nitrogen and oxygen atoms in total. The standard InChI is InChI=1S/C24H24F2N2O4/c25-19-11-16(12-20(26)15-19)1-4-23(30)28-9-7-27(8-10-28)6-5-21(29)17-2-3-18-14-24(31)32-22(18)13-17/h2-3,11-13,15H,1,4-10,14H2. The van der Waals surface area contributed by atoms with Gasteiger partial charge in [0.1, 0.15) is 17.4 Å². The summed E-state index contributed by atoms with van der Waals surface area (Å²) in [6.45, 7) is 3.02. The van der Waals surface area contributed by atoms with Crippen LogP contribution in [0, 0.1) is 11.6 Å². The maximum Gasteiger partial charge on any atom is 0.315 e. The van der Waals surface area contributed by atoms with Crippen molar-refractivity contribution in [1.29, 1.82) is 0 Å². The van der Waals surface area contributed by atoms with E-state index in [1.807, 2.05) is 0 Å². The van der Waals surface area contributed by atoms with Crippen LogP contribution in [0.4, 0.5) is 8.78 Å². The van der Waals surface area contributed by atoms with Crippen LogP contribution in [0.15, 0.2) is 36.4 Å². The highest BCUT2D eigenvalue weighted by molar-refractivity contribution is 5.97. The Morgan fingerprint density at radius 1 is 0.938 bits per heavy atom. The zero-order valence-electron chi connectivity index (χ0n) is 17.6. The largest absolute Gasteiger partial charge is 0.426 e. The summed E-state index contributed by atoms with van der Waals surface area (Å²) in [6.07, 6.45) is 1.07. The topological polar surface area (TPSA) is 66.9 Å². The van der Waals surface area contributed by atoms with Gasteiger partial charge in [-0.25, -0.2) is 8.78 Å². The van der Waals surface area contributed by atoms with Gasteiger partial charge in [0.25, 0.3) is 0 Å². The minimum Gasteiger partial charge on any atom is -0.426 e. The van der Waals surface area contributed by atoms with E-state index in [1.165, 1.54) is 12.1 Å². The lowest BCUT2D eigenvalue weighted by Gasteiger charge is -2.34. The summed E-state index contributed by atoms with van der Waals surface area (Å²) in [4.78, 5) is 40.2. The highest BCUT2D eigenvalue weighted by Crippen LogP contribution is 2.27. The molecule has 1 fully saturated rings. The van der Waals surface area contributed by atoms with Crippen LogP contribution in [0.1, 0.15) is 34.3 Å². The van der Waals surface area contributed by atoms with Gasteiger partial charge in [0.15, 0.2) is 5.78 Å². The quantitative estimate of drug-likeness (QED) is 0.375. The number of piperazine rings is 1. The molecule has 2 heterocycles. The van der Waals surface area contributed by atoms with Gasteiger partial charge >= 0.3 is 5.97 Å². The SMILES string of the molecule is O=C1Cc2ccc(C(=O)CCN3CCN(C(=O)CCc4cc(F)cc(F)c4)CC3)cc2O1. The molecule has 0 unspecified atom stereocenters. The summed E-state index contributed by atoms with van der Waals surface area (Å²) in [5, 5.41) is 0. The fourth-order valence-corrected chi connectivity index (χ4v) is 4.07. The Labute approximate surface area is 184 Å². The van der Waals surface area contributed by atoms with Crippen molar-refractivity contribution < 1.29 is 27.9 Å². The number of hydrogen-bond donors (Lipinski definition) is 0. The zero-order valence-corrected chi connectivity index (χ0v) is 17.6. The molecular weight excluding hydrogens is 418 g/mol. The van der Waals surface area contributed by atoms with Crippen LogP contribution in [0.2, 0.25) is 0 Å². The molecule has 2 aliphatic heterocycles. The highest BCUT2D eigenvalue weighted by atomic mass is 19.1. The summed E-state index contributed by atoms with van der Waals surface area (Å²) < 4.78 is 31.7. The normalized spacial score (nSPS) is 16.1. The van der Waals surface area contributed by atoms with Crippen molar-refractivity contribution in [2.75, 3.05) is 32.7 Å². The molecule has 0 saturated carbocycles. The molecule has 0 bridgehead atoms. The van der Waals surface area contributed by atoms with E-state index in [2.05, 4.69) is 4.90 Å². The van der Waals surface area contributed by atoms with Gasteiger partial charge in [-0.1, -0.05) is 12.1 Å². The second kappa shape index (κ2) is 9.56. The third-order valence-corrected chi connectivity index (χ3v) is 5.88. The zero-order chi connectivity index (χ0) is 22.7. The average Bonchev–Trinajstić information content (AvgIpc) is 3.14. The van der Waals surface area contributed by atoms with E-state index in [-0.39, 0.29) is 36.9 Å². The number of nitrogens with zero attached hydrogens (tertiary/aromatic N) is 2. The number of rotatable bonds is 7. The molecular formula is C24H24F2N2O4. The number of carbonyl (C=O) groups is 3. The van der Waals surface area contributed by atoms with Gasteiger partial charge in [-0.05, 0) is 30.2 Å². The highest BCUT2D eigenvalue weighted by Gasteiger charge is 2.23. The molecule has 2 aliphatic rings. The number of fused-ring (bicyclic) bond motifs is 1. The minimum atomic E-state index is -0.642. The van der Waals surface area contributed by atoms with Crippen molar-refractivity contribution in [1.82, 2.24) is 9.80 Å². The lowest BCUT2D eigenvalue weighted by molar-refractivity contribution is -0.133. The molecule has 0 N–H and O–H groups in total. The summed E-state index contributed by atoms with van der Waals surface area (Å²) in [7, 11) is 0. The van der Waals surface area contributed by atoms with E-state index in [9.17, 15) is 23.2 Å². The molecule has 0 aromatic heterocycles. The number of benzene rings is 2. The number of esters is 1. The van der Waals surface area contributed by atoms with E-state index in [0.29, 0.717) is 56.0 Å². The van der Waals surface area contributed by atoms with Crippen molar-refractivity contribution in [2.45, 2.75) is 25.7 Å². The van der Waals surface area contributed by atoms with E-state index in [0.717, 1.165) is 11.6 Å². The van der Waals surface area contributed by atoms with Gasteiger partial charge in [0, 0.05) is 62.8 Å². The van der Waals surface area contributed by atoms with Crippen LogP contribution in [0.3, 0.4) is 0 Å². The Morgan fingerprint density at radius 2 is 1.66 bits per heavy atom. The molecule has 0 radical (unpaired) electrons. The van der Waals surface area contributed by atoms with Gasteiger partial charge < -0.3 is 9.64 Å². The fourth-order valence-electron chi connectivity index (χ4n) is 4.07. The van der Waals surface area contributed by atoms with Crippen LogP contribution in [0.25, 0.3) is 0 Å². The third kappa shape index (κ3) is 5.37. The van der Waals surface area contributed by atoms with E-state index in [1.54, 1.807) is 23.1 Å². The Hall–Kier alpha value is -3.13. The van der Waals surface area contributed by atoms with Crippen molar-refractivity contribution in [2.24, 2.45) is 0 Å². The first kappa shape index (κ1) is 22.1. The molecule has 1 saturated heterocycles. The van der Waals surface area contributed by atoms with Gasteiger partial charge in [0.2, 0.25) is 5.91 Å². The van der Waals surface area contributed by atoms with E-state index in [4.69, 9.17) is 4.74 Å². The van der Waals surface area contributed by atoms with Gasteiger partial charge in [0.05, 0.1) is 6.42 Å². The monoisotopic (exact) mass is 442 g/mol. The lowest BCUT2D eigenvalue weighted by atomic mass is 10.0. The molecule has 2 aromatic carbocycles. The first-order valence-corrected chi connectivity index (χ1v) is 10.7. The van der Waals surface area contributed by atoms with E-state index < -0.39 is 11.6 Å². The fraction of sp³-hybridized carbons (Fsp3) is 0.375. The first-order valence-electron chi connectivity index (χ1n) is 10.7. The molecule has 2 aromatic rings. The number of ether oxygens (including phenoxy) is 1. The first-order chi connectivity index (χ1) is 15.4. The number of aryl methyl sites for hydroxylation is 1. The van der Waals surface area contributed by atoms with Gasteiger partial charge in [-0.2, -0.15) is 0 Å². The maximum atomic E-state index is 13.3. The number of halogens is 2. The molecule has 168 valence electrons. The summed E-state index contributed by atoms with van der Waals surface area (Å²) in [5.74, 6) is -1.18. The third-order valence-electron chi connectivity index (χ3n) is 5.88. The number of hydrogen-bond acceptors (Lipinski definition) is 5. The predicted molar refractivity (Wildman–Crippen MR) is 112 cm³/mol. The van der Waals surface area contributed by atoms with Crippen LogP contribution < -0.4 is 4.74 Å². The second-order valence-corrected chi connectivity index (χ2v) is 8.15. The molecule has 0 aliphatic carbocycles. The van der Waals surface area contributed by atoms with Gasteiger partial charge in [-0.15, -0.1) is 0 Å². The Morgan fingerprint density at radius 3 is 2.38 bits per heavy atom. The van der Waals surface area contributed by atoms with Crippen LogP contribution in [-0.4, -0.2) is 60.2 Å². The van der Waals surface area contributed by atoms with Crippen molar-refractivity contribution >= 4 is 17.7 Å². The predicted octanol–water partition coefficient (Wildman–Crippen LogP) is 2.78. The maximum absolute atomic E-state index is 13.3. The molecule has 32 heavy (non-hydrogen) atoms. The molecule has 4 rings (SSSR count). The van der Waals surface area contributed by atoms with E-state index >= 15 is 0 Å². The molecule has 0 atom stereocenters. The van der Waals surface area contributed by atoms with Crippen molar-refractivity contribution in [3.8, 4) is 5.75 Å². The molecule has 0 spiro atoms. The number of ketones is 1. The summed E-state index contributed by atoms with van der Waals surface area (Å²) in [6, 6.07) is 8.42. The number of Topliss-reactive ketones (excluding diaryl/α,β-unsaturated/α-hetero) is 1. The number of carbonyl (C=O) groups excluding carboxylic acids is 3. The van der Waals surface area contributed by atoms with Crippen LogP contribution in [-0.2, 0) is 22.4 Å². The van der Waals surface area contributed by atoms with Gasteiger partial charge in [-0.3, -0.25) is 19.3 Å². The second-order valence-electron chi connectivity index (χ2n) is 8.15. The lowest BCUT2D eigenvalue weighted by Crippen LogP contribution is -2.49. The minimum absolute atomic E-state index is 0.0171. The Balaban J connectivity index is 1.20. The van der Waals surface area contributed by atoms with Crippen LogP contribution >= 0.6 is 0 Å². The smallest absolute Gasteiger partial charge is 0.315 e. The average molecular weight is 442 g/mol.